The number of aryl methyl sites for hydroxylation is 1. The van der Waals surface area contributed by atoms with Crippen LogP contribution in [0.3, 0.4) is 0 Å². The van der Waals surface area contributed by atoms with Gasteiger partial charge in [-0.25, -0.2) is 0 Å². The van der Waals surface area contributed by atoms with E-state index >= 15 is 0 Å². The molecule has 0 unspecified atom stereocenters. The molecule has 2 rings (SSSR count). The number of benzene rings is 1. The Bertz CT molecular complexity index is 509. The Morgan fingerprint density at radius 3 is 2.78 bits per heavy atom. The van der Waals surface area contributed by atoms with Crippen LogP contribution < -0.4 is 4.74 Å². The zero-order chi connectivity index (χ0) is 12.8. The first-order valence-electron chi connectivity index (χ1n) is 5.78. The van der Waals surface area contributed by atoms with Crippen molar-refractivity contribution < 1.29 is 9.53 Å². The Hall–Kier alpha value is -1.55. The second-order valence-electron chi connectivity index (χ2n) is 3.92. The highest BCUT2D eigenvalue weighted by atomic mass is 79.9. The molecule has 0 atom stereocenters. The minimum Gasteiger partial charge on any atom is -0.493 e. The van der Waals surface area contributed by atoms with Crippen molar-refractivity contribution in [2.75, 3.05) is 6.61 Å². The molecule has 3 nitrogen and oxygen atoms in total. The van der Waals surface area contributed by atoms with E-state index in [1.807, 2.05) is 36.7 Å². The molecule has 1 aromatic heterocycles. The standard InChI is InChI=1S/C14H14BrNO2/c15-13-5-4-12(11-17)14(10-13)18-9-3-8-16-6-1-2-7-16/h1-2,4-7,10-11H,3,8-9H2. The lowest BCUT2D eigenvalue weighted by atomic mass is 10.2. The number of carbonyl (C=O) groups is 1. The molecule has 0 fully saturated rings. The Morgan fingerprint density at radius 1 is 1.28 bits per heavy atom. The van der Waals surface area contributed by atoms with Crippen molar-refractivity contribution in [3.05, 3.63) is 52.8 Å². The molecule has 1 aromatic carbocycles. The summed E-state index contributed by atoms with van der Waals surface area (Å²) in [6.07, 6.45) is 5.76. The number of hydrogen-bond acceptors (Lipinski definition) is 2. The molecule has 0 radical (unpaired) electrons. The van der Waals surface area contributed by atoms with Crippen molar-refractivity contribution in [1.29, 1.82) is 0 Å². The third-order valence-corrected chi connectivity index (χ3v) is 3.08. The molecule has 0 spiro atoms. The number of carbonyl (C=O) groups excluding carboxylic acids is 1. The van der Waals surface area contributed by atoms with Crippen LogP contribution in [0.2, 0.25) is 0 Å². The van der Waals surface area contributed by atoms with Gasteiger partial charge in [-0.05, 0) is 36.8 Å². The van der Waals surface area contributed by atoms with E-state index in [0.29, 0.717) is 17.9 Å². The van der Waals surface area contributed by atoms with Gasteiger partial charge in [0.1, 0.15) is 5.75 Å². The van der Waals surface area contributed by atoms with Crippen LogP contribution in [0.15, 0.2) is 47.2 Å². The molecule has 0 aliphatic rings. The van der Waals surface area contributed by atoms with Gasteiger partial charge in [0, 0.05) is 23.4 Å². The van der Waals surface area contributed by atoms with Crippen LogP contribution in [0.25, 0.3) is 0 Å². The molecule has 0 saturated heterocycles. The predicted molar refractivity (Wildman–Crippen MR) is 74.1 cm³/mol. The number of nitrogens with zero attached hydrogens (tertiary/aromatic N) is 1. The average molecular weight is 308 g/mol. The first-order valence-corrected chi connectivity index (χ1v) is 6.57. The summed E-state index contributed by atoms with van der Waals surface area (Å²) >= 11 is 3.37. The van der Waals surface area contributed by atoms with Crippen LogP contribution in [-0.2, 0) is 6.54 Å². The maximum Gasteiger partial charge on any atom is 0.153 e. The van der Waals surface area contributed by atoms with E-state index < -0.39 is 0 Å². The molecular weight excluding hydrogens is 294 g/mol. The number of aldehydes is 1. The predicted octanol–water partition coefficient (Wildman–Crippen LogP) is 3.53. The highest BCUT2D eigenvalue weighted by molar-refractivity contribution is 9.10. The summed E-state index contributed by atoms with van der Waals surface area (Å²) in [6, 6.07) is 9.40. The fourth-order valence-corrected chi connectivity index (χ4v) is 2.02. The van der Waals surface area contributed by atoms with E-state index in [0.717, 1.165) is 23.7 Å². The summed E-state index contributed by atoms with van der Waals surface area (Å²) in [5.41, 5.74) is 0.583. The molecular formula is C14H14BrNO2. The van der Waals surface area contributed by atoms with Crippen molar-refractivity contribution in [2.24, 2.45) is 0 Å². The van der Waals surface area contributed by atoms with Crippen molar-refractivity contribution in [2.45, 2.75) is 13.0 Å². The third kappa shape index (κ3) is 3.47. The van der Waals surface area contributed by atoms with Crippen molar-refractivity contribution >= 4 is 22.2 Å². The SMILES string of the molecule is O=Cc1ccc(Br)cc1OCCCn1cccc1. The van der Waals surface area contributed by atoms with E-state index in [4.69, 9.17) is 4.74 Å². The average Bonchev–Trinajstić information content (AvgIpc) is 2.88. The van der Waals surface area contributed by atoms with Crippen molar-refractivity contribution in [3.8, 4) is 5.75 Å². The van der Waals surface area contributed by atoms with Gasteiger partial charge in [0.2, 0.25) is 0 Å². The summed E-state index contributed by atoms with van der Waals surface area (Å²) in [5, 5.41) is 0. The third-order valence-electron chi connectivity index (χ3n) is 2.59. The quantitative estimate of drug-likeness (QED) is 0.604. The molecule has 4 heteroatoms. The van der Waals surface area contributed by atoms with E-state index in [9.17, 15) is 4.79 Å². The second-order valence-corrected chi connectivity index (χ2v) is 4.84. The summed E-state index contributed by atoms with van der Waals surface area (Å²) < 4.78 is 8.65. The van der Waals surface area contributed by atoms with Crippen LogP contribution >= 0.6 is 15.9 Å². The van der Waals surface area contributed by atoms with E-state index in [-0.39, 0.29) is 0 Å². The lowest BCUT2D eigenvalue weighted by molar-refractivity contribution is 0.111. The summed E-state index contributed by atoms with van der Waals surface area (Å²) in [5.74, 6) is 0.631. The van der Waals surface area contributed by atoms with Gasteiger partial charge in [-0.2, -0.15) is 0 Å². The Morgan fingerprint density at radius 2 is 2.06 bits per heavy atom. The molecule has 18 heavy (non-hydrogen) atoms. The lowest BCUT2D eigenvalue weighted by Crippen LogP contribution is -2.04. The highest BCUT2D eigenvalue weighted by Gasteiger charge is 2.03. The zero-order valence-electron chi connectivity index (χ0n) is 9.88. The first kappa shape index (κ1) is 12.9. The highest BCUT2D eigenvalue weighted by Crippen LogP contribution is 2.22. The molecule has 0 saturated carbocycles. The van der Waals surface area contributed by atoms with Gasteiger partial charge in [0.15, 0.2) is 6.29 Å². The maximum absolute atomic E-state index is 10.9. The van der Waals surface area contributed by atoms with Crippen LogP contribution in [0, 0.1) is 0 Å². The summed E-state index contributed by atoms with van der Waals surface area (Å²) in [6.45, 7) is 1.51. The molecule has 0 N–H and O–H groups in total. The first-order chi connectivity index (χ1) is 8.79. The number of halogens is 1. The normalized spacial score (nSPS) is 10.3. The molecule has 0 aliphatic heterocycles. The smallest absolute Gasteiger partial charge is 0.153 e. The van der Waals surface area contributed by atoms with Gasteiger partial charge in [-0.3, -0.25) is 4.79 Å². The monoisotopic (exact) mass is 307 g/mol. The second kappa shape index (κ2) is 6.40. The van der Waals surface area contributed by atoms with Gasteiger partial charge in [-0.1, -0.05) is 15.9 Å². The molecule has 0 aliphatic carbocycles. The van der Waals surface area contributed by atoms with Gasteiger partial charge < -0.3 is 9.30 Å². The lowest BCUT2D eigenvalue weighted by Gasteiger charge is -2.09. The summed E-state index contributed by atoms with van der Waals surface area (Å²) in [7, 11) is 0. The van der Waals surface area contributed by atoms with Crippen molar-refractivity contribution in [1.82, 2.24) is 4.57 Å². The Balaban J connectivity index is 1.86. The van der Waals surface area contributed by atoms with Gasteiger partial charge in [-0.15, -0.1) is 0 Å². The summed E-state index contributed by atoms with van der Waals surface area (Å²) in [4.78, 5) is 10.9. The fourth-order valence-electron chi connectivity index (χ4n) is 1.68. The van der Waals surface area contributed by atoms with Crippen LogP contribution in [0.4, 0.5) is 0 Å². The number of rotatable bonds is 6. The van der Waals surface area contributed by atoms with E-state index in [1.165, 1.54) is 0 Å². The van der Waals surface area contributed by atoms with Gasteiger partial charge >= 0.3 is 0 Å². The molecule has 2 aromatic rings. The fraction of sp³-hybridized carbons (Fsp3) is 0.214. The minimum absolute atomic E-state index is 0.583. The topological polar surface area (TPSA) is 31.2 Å². The molecule has 1 heterocycles. The van der Waals surface area contributed by atoms with E-state index in [2.05, 4.69) is 20.5 Å². The van der Waals surface area contributed by atoms with Crippen molar-refractivity contribution in [3.63, 3.8) is 0 Å². The number of ether oxygens (including phenoxy) is 1. The number of hydrogen-bond donors (Lipinski definition) is 0. The number of aromatic nitrogens is 1. The minimum atomic E-state index is 0.583. The molecule has 94 valence electrons. The van der Waals surface area contributed by atoms with Crippen LogP contribution in [0.1, 0.15) is 16.8 Å². The molecule has 0 bridgehead atoms. The van der Waals surface area contributed by atoms with Crippen LogP contribution in [0.5, 0.6) is 5.75 Å². The molecule has 0 amide bonds. The van der Waals surface area contributed by atoms with E-state index in [1.54, 1.807) is 6.07 Å². The Kier molecular flexibility index (Phi) is 4.59. The maximum atomic E-state index is 10.9. The van der Waals surface area contributed by atoms with Gasteiger partial charge in [0.25, 0.3) is 0 Å². The van der Waals surface area contributed by atoms with Gasteiger partial charge in [0.05, 0.1) is 12.2 Å². The zero-order valence-corrected chi connectivity index (χ0v) is 11.5. The van der Waals surface area contributed by atoms with Crippen LogP contribution in [-0.4, -0.2) is 17.5 Å². The largest absolute Gasteiger partial charge is 0.493 e. The Labute approximate surface area is 115 Å².